The van der Waals surface area contributed by atoms with Crippen molar-refractivity contribution in [2.45, 2.75) is 50.6 Å². The van der Waals surface area contributed by atoms with E-state index < -0.39 is 30.4 Å². The summed E-state index contributed by atoms with van der Waals surface area (Å²) < 4.78 is 5.44. The largest absolute Gasteiger partial charge is 0.496 e. The molecule has 4 aliphatic rings. The predicted octanol–water partition coefficient (Wildman–Crippen LogP) is 1.38. The first-order chi connectivity index (χ1) is 18.3. The summed E-state index contributed by atoms with van der Waals surface area (Å²) in [5, 5.41) is 16.0. The van der Waals surface area contributed by atoms with Gasteiger partial charge in [-0.15, -0.1) is 0 Å². The van der Waals surface area contributed by atoms with E-state index >= 15 is 0 Å². The number of aromatic amines is 1. The number of carbonyl (C=O) groups excluding carboxylic acids is 4. The smallest absolute Gasteiger partial charge is 0.271 e. The molecule has 4 fully saturated rings. The van der Waals surface area contributed by atoms with Crippen LogP contribution in [-0.4, -0.2) is 77.4 Å². The van der Waals surface area contributed by atoms with Gasteiger partial charge >= 0.3 is 0 Å². The minimum atomic E-state index is -0.981. The second kappa shape index (κ2) is 9.41. The number of hydrogen-bond acceptors (Lipinski definition) is 6. The normalized spacial score (nSPS) is 27.8. The van der Waals surface area contributed by atoms with Gasteiger partial charge in [-0.25, -0.2) is 0 Å². The molecule has 202 valence electrons. The van der Waals surface area contributed by atoms with Crippen molar-refractivity contribution >= 4 is 34.4 Å². The Bertz CT molecular complexity index is 1300. The number of aromatic nitrogens is 1. The number of Topliss-reactive ketones (excluding diaryl/α,β-unsaturated/α-hetero) is 1. The number of aliphatic hydroxyl groups is 1. The number of likely N-dealkylation sites (tertiary alicyclic amines) is 1. The lowest BCUT2D eigenvalue weighted by atomic mass is 9.91. The molecule has 1 aromatic carbocycles. The molecular formula is C28H34N4O6. The van der Waals surface area contributed by atoms with Crippen LogP contribution < -0.4 is 15.4 Å². The lowest BCUT2D eigenvalue weighted by molar-refractivity contribution is -0.133. The molecule has 3 amide bonds. The van der Waals surface area contributed by atoms with Gasteiger partial charge in [0.1, 0.15) is 24.1 Å². The number of benzene rings is 1. The van der Waals surface area contributed by atoms with Crippen molar-refractivity contribution in [1.29, 1.82) is 0 Å². The Morgan fingerprint density at radius 3 is 2.76 bits per heavy atom. The summed E-state index contributed by atoms with van der Waals surface area (Å²) in [5.74, 6) is -0.824. The van der Waals surface area contributed by atoms with Crippen LogP contribution in [0.5, 0.6) is 5.75 Å². The number of carbonyl (C=O) groups is 4. The standard InChI is InChI=1S/C28H34N4O6/c1-38-23-4-2-3-19-17(23)10-21(30-19)27(37)32-13-16-11-28(6-7-28)12-18(16)24(32)26(36)31-20(22(34)14-33)9-15-5-8-29-25(15)35/h2-4,10,15-16,18,20,24,30,33H,5-9,11-14H2,1H3,(H,29,35)(H,31,36)/t15-,16-,18-,20-,24-/m0/s1. The van der Waals surface area contributed by atoms with E-state index in [1.54, 1.807) is 18.1 Å². The number of nitrogens with one attached hydrogen (secondary N) is 3. The molecule has 2 saturated heterocycles. The first-order valence-corrected chi connectivity index (χ1v) is 13.5. The van der Waals surface area contributed by atoms with E-state index in [2.05, 4.69) is 15.6 Å². The lowest BCUT2D eigenvalue weighted by Crippen LogP contribution is -2.53. The summed E-state index contributed by atoms with van der Waals surface area (Å²) in [6, 6.07) is 5.62. The molecule has 0 unspecified atom stereocenters. The van der Waals surface area contributed by atoms with Crippen molar-refractivity contribution in [3.8, 4) is 5.75 Å². The number of hydrogen-bond donors (Lipinski definition) is 4. The number of rotatable bonds is 8. The molecule has 2 aromatic rings. The molecule has 2 saturated carbocycles. The van der Waals surface area contributed by atoms with E-state index in [1.807, 2.05) is 18.2 Å². The molecule has 5 atom stereocenters. The first kappa shape index (κ1) is 24.9. The minimum absolute atomic E-state index is 0.0139. The number of H-pyrrole nitrogens is 1. The minimum Gasteiger partial charge on any atom is -0.496 e. The molecule has 10 heteroatoms. The molecule has 3 heterocycles. The van der Waals surface area contributed by atoms with Crippen molar-refractivity contribution in [3.05, 3.63) is 30.0 Å². The van der Waals surface area contributed by atoms with E-state index in [4.69, 9.17) is 4.74 Å². The van der Waals surface area contributed by atoms with Crippen LogP contribution in [0.2, 0.25) is 0 Å². The van der Waals surface area contributed by atoms with Gasteiger partial charge in [0.2, 0.25) is 11.8 Å². The van der Waals surface area contributed by atoms with Gasteiger partial charge in [0.15, 0.2) is 5.78 Å². The third-order valence-electron chi connectivity index (χ3n) is 9.25. The molecule has 2 aliphatic carbocycles. The van der Waals surface area contributed by atoms with Gasteiger partial charge in [-0.3, -0.25) is 19.2 Å². The number of nitrogens with zero attached hydrogens (tertiary/aromatic N) is 1. The van der Waals surface area contributed by atoms with Gasteiger partial charge < -0.3 is 30.4 Å². The van der Waals surface area contributed by atoms with Crippen molar-refractivity contribution in [2.75, 3.05) is 26.8 Å². The summed E-state index contributed by atoms with van der Waals surface area (Å²) in [6.07, 6.45) is 4.93. The Kier molecular flexibility index (Phi) is 6.17. The highest BCUT2D eigenvalue weighted by atomic mass is 16.5. The van der Waals surface area contributed by atoms with Crippen LogP contribution in [0.3, 0.4) is 0 Å². The van der Waals surface area contributed by atoms with Crippen LogP contribution in [0.15, 0.2) is 24.3 Å². The van der Waals surface area contributed by atoms with Gasteiger partial charge in [0.25, 0.3) is 5.91 Å². The highest BCUT2D eigenvalue weighted by molar-refractivity contribution is 6.02. The van der Waals surface area contributed by atoms with Crippen LogP contribution in [0.4, 0.5) is 0 Å². The fraction of sp³-hybridized carbons (Fsp3) is 0.571. The van der Waals surface area contributed by atoms with E-state index in [-0.39, 0.29) is 36.0 Å². The highest BCUT2D eigenvalue weighted by Crippen LogP contribution is 2.64. The molecule has 6 rings (SSSR count). The Hall–Kier alpha value is -3.40. The second-order valence-corrected chi connectivity index (χ2v) is 11.5. The lowest BCUT2D eigenvalue weighted by Gasteiger charge is -2.29. The quantitative estimate of drug-likeness (QED) is 0.413. The molecule has 4 N–H and O–H groups in total. The van der Waals surface area contributed by atoms with Crippen molar-refractivity contribution in [1.82, 2.24) is 20.5 Å². The van der Waals surface area contributed by atoms with Gasteiger partial charge in [-0.2, -0.15) is 0 Å². The fourth-order valence-corrected chi connectivity index (χ4v) is 7.12. The highest BCUT2D eigenvalue weighted by Gasteiger charge is 2.60. The number of methoxy groups -OCH3 is 1. The number of aliphatic hydroxyl groups excluding tert-OH is 1. The maximum atomic E-state index is 13.9. The summed E-state index contributed by atoms with van der Waals surface area (Å²) in [4.78, 5) is 57.3. The fourth-order valence-electron chi connectivity index (χ4n) is 7.12. The van der Waals surface area contributed by atoms with E-state index in [9.17, 15) is 24.3 Å². The number of ether oxygens (including phenoxy) is 1. The van der Waals surface area contributed by atoms with E-state index in [0.717, 1.165) is 36.6 Å². The SMILES string of the molecule is COc1cccc2[nH]c(C(=O)N3C[C@@H]4CC5(CC5)C[C@@H]4[C@H]3C(=O)N[C@@H](C[C@@H]3CCNC3=O)C(=O)CO)cc12. The van der Waals surface area contributed by atoms with Crippen molar-refractivity contribution in [3.63, 3.8) is 0 Å². The predicted molar refractivity (Wildman–Crippen MR) is 137 cm³/mol. The molecule has 0 radical (unpaired) electrons. The zero-order valence-electron chi connectivity index (χ0n) is 21.5. The Morgan fingerprint density at radius 2 is 2.08 bits per heavy atom. The number of fused-ring (bicyclic) bond motifs is 2. The number of amides is 3. The monoisotopic (exact) mass is 522 g/mol. The van der Waals surface area contributed by atoms with Crippen molar-refractivity contribution < 1.29 is 29.0 Å². The Morgan fingerprint density at radius 1 is 1.26 bits per heavy atom. The van der Waals surface area contributed by atoms with Crippen molar-refractivity contribution in [2.24, 2.45) is 23.2 Å². The first-order valence-electron chi connectivity index (χ1n) is 13.5. The molecule has 38 heavy (non-hydrogen) atoms. The molecule has 1 spiro atoms. The van der Waals surface area contributed by atoms with Gasteiger partial charge in [0.05, 0.1) is 13.2 Å². The maximum Gasteiger partial charge on any atom is 0.271 e. The second-order valence-electron chi connectivity index (χ2n) is 11.5. The van der Waals surface area contributed by atoms with Crippen LogP contribution in [0.1, 0.15) is 49.0 Å². The molecular weight excluding hydrogens is 488 g/mol. The summed E-state index contributed by atoms with van der Waals surface area (Å²) >= 11 is 0. The van der Waals surface area contributed by atoms with Crippen LogP contribution in [-0.2, 0) is 14.4 Å². The maximum absolute atomic E-state index is 13.9. The van der Waals surface area contributed by atoms with E-state index in [0.29, 0.717) is 36.4 Å². The Labute approximate surface area is 220 Å². The summed E-state index contributed by atoms with van der Waals surface area (Å²) in [6.45, 7) is 0.293. The molecule has 0 bridgehead atoms. The topological polar surface area (TPSA) is 141 Å². The Balaban J connectivity index is 1.27. The number of ketones is 1. The van der Waals surface area contributed by atoms with Gasteiger partial charge in [0, 0.05) is 29.9 Å². The van der Waals surface area contributed by atoms with Crippen LogP contribution in [0, 0.1) is 23.2 Å². The third kappa shape index (κ3) is 4.24. The van der Waals surface area contributed by atoms with Gasteiger partial charge in [-0.1, -0.05) is 6.07 Å². The van der Waals surface area contributed by atoms with Gasteiger partial charge in [-0.05, 0) is 74.0 Å². The zero-order chi connectivity index (χ0) is 26.6. The summed E-state index contributed by atoms with van der Waals surface area (Å²) in [7, 11) is 1.58. The third-order valence-corrected chi connectivity index (χ3v) is 9.25. The van der Waals surface area contributed by atoms with Crippen LogP contribution >= 0.6 is 0 Å². The van der Waals surface area contributed by atoms with Crippen LogP contribution in [0.25, 0.3) is 10.9 Å². The molecule has 1 aromatic heterocycles. The average molecular weight is 523 g/mol. The average Bonchev–Trinajstić information content (AvgIpc) is 3.24. The molecule has 10 nitrogen and oxygen atoms in total. The summed E-state index contributed by atoms with van der Waals surface area (Å²) in [5.41, 5.74) is 1.45. The van der Waals surface area contributed by atoms with E-state index in [1.165, 1.54) is 0 Å². The molecule has 2 aliphatic heterocycles. The zero-order valence-corrected chi connectivity index (χ0v) is 21.5.